The second-order valence-electron chi connectivity index (χ2n) is 5.41. The topological polar surface area (TPSA) is 85.1 Å². The lowest BCUT2D eigenvalue weighted by atomic mass is 10.00. The molecule has 1 amide bonds. The van der Waals surface area contributed by atoms with Crippen molar-refractivity contribution in [1.29, 1.82) is 0 Å². The van der Waals surface area contributed by atoms with E-state index in [4.69, 9.17) is 17.3 Å². The smallest absolute Gasteiger partial charge is 0.323 e. The van der Waals surface area contributed by atoms with Crippen LogP contribution in [0.25, 0.3) is 0 Å². The van der Waals surface area contributed by atoms with Crippen molar-refractivity contribution >= 4 is 29.0 Å². The Hall–Kier alpha value is -2.59. The summed E-state index contributed by atoms with van der Waals surface area (Å²) in [6, 6.07) is 1.36. The number of hydrogen-bond acceptors (Lipinski definition) is 4. The number of benzene rings is 1. The van der Waals surface area contributed by atoms with Gasteiger partial charge in [0, 0.05) is 0 Å². The second-order valence-corrected chi connectivity index (χ2v) is 5.79. The number of hydrogen-bond donors (Lipinski definition) is 2. The quantitative estimate of drug-likeness (QED) is 0.599. The number of amides is 1. The number of aromatic nitrogens is 1. The first-order valence-corrected chi connectivity index (χ1v) is 7.63. The van der Waals surface area contributed by atoms with Crippen LogP contribution < -0.4 is 11.1 Å². The van der Waals surface area contributed by atoms with E-state index < -0.39 is 63.1 Å². The van der Waals surface area contributed by atoms with Gasteiger partial charge < -0.3 is 11.1 Å². The molecule has 144 valence electrons. The lowest BCUT2D eigenvalue weighted by Gasteiger charge is -2.17. The second kappa shape index (κ2) is 7.57. The molecular formula is C16H11ClF5N3O2. The maximum Gasteiger partial charge on any atom is 0.434 e. The largest absolute Gasteiger partial charge is 0.434 e. The number of alkyl halides is 3. The highest BCUT2D eigenvalue weighted by molar-refractivity contribution is 6.36. The molecule has 1 aromatic carbocycles. The van der Waals surface area contributed by atoms with Crippen LogP contribution in [-0.2, 0) is 11.0 Å². The van der Waals surface area contributed by atoms with Gasteiger partial charge in [-0.2, -0.15) is 13.2 Å². The third-order valence-electron chi connectivity index (χ3n) is 3.38. The van der Waals surface area contributed by atoms with Gasteiger partial charge in [-0.1, -0.05) is 17.7 Å². The van der Waals surface area contributed by atoms with Gasteiger partial charge in [-0.25, -0.2) is 13.8 Å². The molecule has 0 bridgehead atoms. The summed E-state index contributed by atoms with van der Waals surface area (Å²) in [7, 11) is 0. The van der Waals surface area contributed by atoms with E-state index in [1.807, 2.05) is 0 Å². The van der Waals surface area contributed by atoms with Crippen molar-refractivity contribution in [3.05, 3.63) is 57.9 Å². The summed E-state index contributed by atoms with van der Waals surface area (Å²) in [6.07, 6.45) is -4.54. The average Bonchev–Trinajstić information content (AvgIpc) is 2.53. The molecule has 11 heteroatoms. The van der Waals surface area contributed by atoms with Crippen LogP contribution in [0.3, 0.4) is 0 Å². The monoisotopic (exact) mass is 407 g/mol. The van der Waals surface area contributed by atoms with Gasteiger partial charge in [0.1, 0.15) is 11.6 Å². The molecule has 27 heavy (non-hydrogen) atoms. The molecule has 0 spiro atoms. The van der Waals surface area contributed by atoms with E-state index >= 15 is 0 Å². The number of ketones is 1. The fourth-order valence-electron chi connectivity index (χ4n) is 2.09. The highest BCUT2D eigenvalue weighted by Crippen LogP contribution is 2.38. The minimum absolute atomic E-state index is 0.515. The van der Waals surface area contributed by atoms with Gasteiger partial charge in [0.25, 0.3) is 0 Å². The molecule has 1 heterocycles. The Kier molecular flexibility index (Phi) is 5.81. The molecule has 3 N–H and O–H groups in total. The van der Waals surface area contributed by atoms with Crippen LogP contribution in [0.1, 0.15) is 28.5 Å². The Morgan fingerprint density at radius 2 is 1.74 bits per heavy atom. The fourth-order valence-corrected chi connectivity index (χ4v) is 2.43. The van der Waals surface area contributed by atoms with Crippen molar-refractivity contribution < 1.29 is 31.5 Å². The summed E-state index contributed by atoms with van der Waals surface area (Å²) in [5, 5.41) is 0.865. The maximum absolute atomic E-state index is 13.9. The zero-order valence-corrected chi connectivity index (χ0v) is 14.3. The van der Waals surface area contributed by atoms with E-state index in [0.29, 0.717) is 6.20 Å². The molecule has 1 atom stereocenters. The van der Waals surface area contributed by atoms with Crippen molar-refractivity contribution in [3.63, 3.8) is 0 Å². The first-order chi connectivity index (χ1) is 12.4. The number of carbonyl (C=O) groups excluding carboxylic acids is 2. The van der Waals surface area contributed by atoms with Gasteiger partial charge >= 0.3 is 6.18 Å². The Balaban J connectivity index is 2.73. The molecule has 0 aliphatic rings. The summed E-state index contributed by atoms with van der Waals surface area (Å²) in [4.78, 5) is 27.5. The zero-order valence-electron chi connectivity index (χ0n) is 13.5. The number of pyridine rings is 1. The van der Waals surface area contributed by atoms with Gasteiger partial charge in [0.05, 0.1) is 34.1 Å². The van der Waals surface area contributed by atoms with Crippen LogP contribution >= 0.6 is 11.6 Å². The normalized spacial score (nSPS) is 12.6. The van der Waals surface area contributed by atoms with Crippen molar-refractivity contribution in [3.8, 4) is 0 Å². The van der Waals surface area contributed by atoms with Crippen LogP contribution in [0.15, 0.2) is 24.4 Å². The molecular weight excluding hydrogens is 397 g/mol. The standard InChI is InChI=1S/C16H11ClF5N3O2/c1-6(23)15(27)25-9-5-24-14(16(20,21)22)12(17)11(9)13(26)10-7(18)3-2-4-8(10)19/h2-6H,23H2,1H3,(H,25,27)/t6-/m0/s1. The summed E-state index contributed by atoms with van der Waals surface area (Å²) in [5.41, 5.74) is 1.05. The molecule has 5 nitrogen and oxygen atoms in total. The first-order valence-electron chi connectivity index (χ1n) is 7.26. The number of nitrogens with one attached hydrogen (secondary N) is 1. The Bertz CT molecular complexity index is 895. The third kappa shape index (κ3) is 4.22. The highest BCUT2D eigenvalue weighted by atomic mass is 35.5. The van der Waals surface area contributed by atoms with Gasteiger partial charge in [-0.05, 0) is 19.1 Å². The van der Waals surface area contributed by atoms with E-state index in [9.17, 15) is 31.5 Å². The highest BCUT2D eigenvalue weighted by Gasteiger charge is 2.38. The van der Waals surface area contributed by atoms with Gasteiger partial charge in [-0.15, -0.1) is 0 Å². The van der Waals surface area contributed by atoms with Gasteiger partial charge in [0.2, 0.25) is 11.7 Å². The predicted molar refractivity (Wildman–Crippen MR) is 86.3 cm³/mol. The summed E-state index contributed by atoms with van der Waals surface area (Å²) in [5.74, 6) is -5.00. The average molecular weight is 408 g/mol. The molecule has 0 aliphatic carbocycles. The maximum atomic E-state index is 13.9. The number of nitrogens with zero attached hydrogens (tertiary/aromatic N) is 1. The van der Waals surface area contributed by atoms with Crippen molar-refractivity contribution in [1.82, 2.24) is 4.98 Å². The van der Waals surface area contributed by atoms with Crippen LogP contribution in [-0.4, -0.2) is 22.7 Å². The van der Waals surface area contributed by atoms with E-state index in [1.165, 1.54) is 6.92 Å². The van der Waals surface area contributed by atoms with Crippen LogP contribution in [0.4, 0.5) is 27.6 Å². The Morgan fingerprint density at radius 1 is 1.19 bits per heavy atom. The van der Waals surface area contributed by atoms with Crippen molar-refractivity contribution in [2.45, 2.75) is 19.1 Å². The number of rotatable bonds is 4. The number of halogens is 6. The van der Waals surface area contributed by atoms with Gasteiger partial charge in [-0.3, -0.25) is 9.59 Å². The van der Waals surface area contributed by atoms with Crippen LogP contribution in [0.2, 0.25) is 5.02 Å². The molecule has 0 aliphatic heterocycles. The lowest BCUT2D eigenvalue weighted by molar-refractivity contribution is -0.141. The van der Waals surface area contributed by atoms with Crippen LogP contribution in [0.5, 0.6) is 0 Å². The third-order valence-corrected chi connectivity index (χ3v) is 3.74. The Morgan fingerprint density at radius 3 is 2.22 bits per heavy atom. The minimum Gasteiger partial charge on any atom is -0.323 e. The molecule has 2 rings (SSSR count). The van der Waals surface area contributed by atoms with Crippen molar-refractivity contribution in [2.24, 2.45) is 5.73 Å². The molecule has 0 saturated carbocycles. The lowest BCUT2D eigenvalue weighted by Crippen LogP contribution is -2.33. The SMILES string of the molecule is C[C@H](N)C(=O)Nc1cnc(C(F)(F)F)c(Cl)c1C(=O)c1c(F)cccc1F. The molecule has 2 aromatic rings. The van der Waals surface area contributed by atoms with E-state index in [-0.39, 0.29) is 0 Å². The van der Waals surface area contributed by atoms with E-state index in [2.05, 4.69) is 10.3 Å². The van der Waals surface area contributed by atoms with Gasteiger partial charge in [0.15, 0.2) is 5.69 Å². The molecule has 0 fully saturated rings. The summed E-state index contributed by atoms with van der Waals surface area (Å²) >= 11 is 5.68. The minimum atomic E-state index is -5.05. The number of nitrogens with two attached hydrogens (primary N) is 1. The molecule has 1 aromatic heterocycles. The molecule has 0 radical (unpaired) electrons. The van der Waals surface area contributed by atoms with Crippen LogP contribution in [0, 0.1) is 11.6 Å². The number of anilines is 1. The zero-order chi connectivity index (χ0) is 20.5. The summed E-state index contributed by atoms with van der Waals surface area (Å²) < 4.78 is 67.0. The van der Waals surface area contributed by atoms with E-state index in [1.54, 1.807) is 0 Å². The van der Waals surface area contributed by atoms with E-state index in [0.717, 1.165) is 18.2 Å². The Labute approximate surface area is 154 Å². The van der Waals surface area contributed by atoms with Crippen molar-refractivity contribution in [2.75, 3.05) is 5.32 Å². The fraction of sp³-hybridized carbons (Fsp3) is 0.188. The predicted octanol–water partition coefficient (Wildman–Crippen LogP) is 3.55. The summed E-state index contributed by atoms with van der Waals surface area (Å²) in [6.45, 7) is 1.27. The molecule has 0 unspecified atom stereocenters. The number of carbonyl (C=O) groups is 2. The first kappa shape index (κ1) is 20.7. The molecule has 0 saturated heterocycles.